The Hall–Kier alpha value is -2.31. The minimum atomic E-state index is -0.728. The maximum atomic E-state index is 12.1. The molecule has 0 unspecified atom stereocenters. The van der Waals surface area contributed by atoms with Crippen molar-refractivity contribution >= 4 is 17.7 Å². The molecule has 1 amide bonds. The molecule has 0 radical (unpaired) electrons. The molecular weight excluding hydrogens is 276 g/mol. The number of anilines is 1. The van der Waals surface area contributed by atoms with Crippen molar-refractivity contribution in [1.82, 2.24) is 4.57 Å². The summed E-state index contributed by atoms with van der Waals surface area (Å²) in [6, 6.07) is 2.99. The fourth-order valence-corrected chi connectivity index (χ4v) is 1.52. The van der Waals surface area contributed by atoms with E-state index in [2.05, 4.69) is 5.32 Å². The normalized spacial score (nSPS) is 10.9. The van der Waals surface area contributed by atoms with Crippen molar-refractivity contribution in [3.05, 3.63) is 28.7 Å². The lowest BCUT2D eigenvalue weighted by molar-refractivity contribution is -0.143. The van der Waals surface area contributed by atoms with Gasteiger partial charge < -0.3 is 14.0 Å². The molecule has 7 nitrogen and oxygen atoms in total. The topological polar surface area (TPSA) is 86.6 Å². The van der Waals surface area contributed by atoms with Crippen molar-refractivity contribution < 1.29 is 19.1 Å². The highest BCUT2D eigenvalue weighted by Crippen LogP contribution is 2.09. The Kier molecular flexibility index (Phi) is 5.52. The molecule has 0 spiro atoms. The van der Waals surface area contributed by atoms with E-state index in [0.29, 0.717) is 0 Å². The summed E-state index contributed by atoms with van der Waals surface area (Å²) in [7, 11) is 0. The van der Waals surface area contributed by atoms with Crippen LogP contribution in [0.4, 0.5) is 10.5 Å². The van der Waals surface area contributed by atoms with Gasteiger partial charge >= 0.3 is 12.1 Å². The summed E-state index contributed by atoms with van der Waals surface area (Å²) in [5.74, 6) is -0.519. The number of esters is 1. The van der Waals surface area contributed by atoms with E-state index in [-0.39, 0.29) is 18.8 Å². The minimum Gasteiger partial charge on any atom is -0.465 e. The van der Waals surface area contributed by atoms with E-state index in [0.717, 1.165) is 4.57 Å². The van der Waals surface area contributed by atoms with Crippen molar-refractivity contribution in [3.8, 4) is 0 Å². The second kappa shape index (κ2) is 6.92. The molecule has 0 aliphatic carbocycles. The number of hydrogen-bond donors (Lipinski definition) is 1. The number of nitrogens with zero attached hydrogens (tertiary/aromatic N) is 1. The van der Waals surface area contributed by atoms with Crippen LogP contribution < -0.4 is 10.9 Å². The molecule has 1 aromatic heterocycles. The number of hydrogen-bond acceptors (Lipinski definition) is 5. The quantitative estimate of drug-likeness (QED) is 0.855. The fourth-order valence-electron chi connectivity index (χ4n) is 1.52. The molecular formula is C14H20N2O5. The molecule has 0 aliphatic rings. The molecule has 1 heterocycles. The van der Waals surface area contributed by atoms with E-state index in [1.54, 1.807) is 33.8 Å². The van der Waals surface area contributed by atoms with Crippen LogP contribution in [0.3, 0.4) is 0 Å². The first-order chi connectivity index (χ1) is 9.73. The largest absolute Gasteiger partial charge is 0.465 e. The lowest BCUT2D eigenvalue weighted by Crippen LogP contribution is -2.31. The Balaban J connectivity index is 2.84. The van der Waals surface area contributed by atoms with Gasteiger partial charge in [-0.15, -0.1) is 0 Å². The van der Waals surface area contributed by atoms with E-state index in [1.807, 2.05) is 0 Å². The molecule has 1 rings (SSSR count). The molecule has 0 fully saturated rings. The molecule has 0 atom stereocenters. The molecule has 0 aliphatic heterocycles. The first-order valence-electron chi connectivity index (χ1n) is 6.58. The highest BCUT2D eigenvalue weighted by molar-refractivity contribution is 5.84. The maximum absolute atomic E-state index is 12.1. The van der Waals surface area contributed by atoms with E-state index >= 15 is 0 Å². The molecule has 116 valence electrons. The second-order valence-electron chi connectivity index (χ2n) is 5.29. The minimum absolute atomic E-state index is 0.0380. The number of nitrogens with one attached hydrogen (secondary N) is 1. The van der Waals surface area contributed by atoms with Gasteiger partial charge in [-0.1, -0.05) is 0 Å². The number of carbonyl (C=O) groups excluding carboxylic acids is 2. The summed E-state index contributed by atoms with van der Waals surface area (Å²) in [6.07, 6.45) is 0.716. The Morgan fingerprint density at radius 3 is 2.57 bits per heavy atom. The number of aromatic nitrogens is 1. The number of rotatable bonds is 4. The van der Waals surface area contributed by atoms with Gasteiger partial charge in [-0.25, -0.2) is 4.79 Å². The van der Waals surface area contributed by atoms with Crippen LogP contribution in [-0.2, 0) is 20.8 Å². The lowest BCUT2D eigenvalue weighted by Gasteiger charge is -2.19. The molecule has 0 saturated heterocycles. The van der Waals surface area contributed by atoms with Gasteiger partial charge in [0.25, 0.3) is 5.56 Å². The predicted octanol–water partition coefficient (Wildman–Crippen LogP) is 1.76. The van der Waals surface area contributed by atoms with Gasteiger partial charge in [-0.2, -0.15) is 0 Å². The third-order valence-corrected chi connectivity index (χ3v) is 2.26. The van der Waals surface area contributed by atoms with Gasteiger partial charge in [0, 0.05) is 6.20 Å². The predicted molar refractivity (Wildman–Crippen MR) is 77.2 cm³/mol. The molecule has 7 heteroatoms. The van der Waals surface area contributed by atoms with Crippen molar-refractivity contribution in [1.29, 1.82) is 0 Å². The standard InChI is InChI=1S/C14H20N2O5/c1-5-20-11(17)9-16-8-6-7-10(12(16)18)15-13(19)21-14(2,3)4/h6-8H,5,9H2,1-4H3,(H,15,19). The Morgan fingerprint density at radius 2 is 2.00 bits per heavy atom. The molecule has 0 saturated carbocycles. The monoisotopic (exact) mass is 296 g/mol. The van der Waals surface area contributed by atoms with Crippen LogP contribution in [0, 0.1) is 0 Å². The van der Waals surface area contributed by atoms with Crippen LogP contribution in [0.15, 0.2) is 23.1 Å². The van der Waals surface area contributed by atoms with E-state index in [1.165, 1.54) is 12.3 Å². The van der Waals surface area contributed by atoms with Gasteiger partial charge in [-0.05, 0) is 39.8 Å². The van der Waals surface area contributed by atoms with Gasteiger partial charge in [0.2, 0.25) is 0 Å². The summed E-state index contributed by atoms with van der Waals surface area (Å²) in [5.41, 5.74) is -1.13. The molecule has 0 bridgehead atoms. The van der Waals surface area contributed by atoms with Crippen LogP contribution in [0.1, 0.15) is 27.7 Å². The third kappa shape index (κ3) is 5.68. The molecule has 0 aromatic carbocycles. The van der Waals surface area contributed by atoms with Crippen LogP contribution in [0.2, 0.25) is 0 Å². The average Bonchev–Trinajstić information content (AvgIpc) is 2.32. The molecule has 1 aromatic rings. The first kappa shape index (κ1) is 16.7. The summed E-state index contributed by atoms with van der Waals surface area (Å²) < 4.78 is 11.0. The summed E-state index contributed by atoms with van der Waals surface area (Å²) in [5, 5.41) is 2.37. The maximum Gasteiger partial charge on any atom is 0.412 e. The van der Waals surface area contributed by atoms with Crippen LogP contribution >= 0.6 is 0 Å². The van der Waals surface area contributed by atoms with Crippen molar-refractivity contribution in [2.75, 3.05) is 11.9 Å². The zero-order valence-electron chi connectivity index (χ0n) is 12.6. The third-order valence-electron chi connectivity index (χ3n) is 2.26. The van der Waals surface area contributed by atoms with E-state index < -0.39 is 23.2 Å². The summed E-state index contributed by atoms with van der Waals surface area (Å²) in [6.45, 7) is 6.87. The summed E-state index contributed by atoms with van der Waals surface area (Å²) >= 11 is 0. The number of ether oxygens (including phenoxy) is 2. The highest BCUT2D eigenvalue weighted by atomic mass is 16.6. The number of carbonyl (C=O) groups is 2. The van der Waals surface area contributed by atoms with Crippen molar-refractivity contribution in [2.45, 2.75) is 39.8 Å². The number of amides is 1. The van der Waals surface area contributed by atoms with Gasteiger partial charge in [0.1, 0.15) is 17.8 Å². The smallest absolute Gasteiger partial charge is 0.412 e. The SMILES string of the molecule is CCOC(=O)Cn1cccc(NC(=O)OC(C)(C)C)c1=O. The lowest BCUT2D eigenvalue weighted by atomic mass is 10.2. The highest BCUT2D eigenvalue weighted by Gasteiger charge is 2.17. The Morgan fingerprint density at radius 1 is 1.33 bits per heavy atom. The van der Waals surface area contributed by atoms with E-state index in [4.69, 9.17) is 9.47 Å². The average molecular weight is 296 g/mol. The molecule has 1 N–H and O–H groups in total. The van der Waals surface area contributed by atoms with Crippen LogP contribution in [-0.4, -0.2) is 28.8 Å². The Bertz CT molecular complexity index is 571. The first-order valence-corrected chi connectivity index (χ1v) is 6.58. The zero-order chi connectivity index (χ0) is 16.0. The zero-order valence-corrected chi connectivity index (χ0v) is 12.6. The van der Waals surface area contributed by atoms with Gasteiger partial charge in [0.15, 0.2) is 0 Å². The van der Waals surface area contributed by atoms with Crippen LogP contribution in [0.25, 0.3) is 0 Å². The van der Waals surface area contributed by atoms with Crippen LogP contribution in [0.5, 0.6) is 0 Å². The molecule has 21 heavy (non-hydrogen) atoms. The van der Waals surface area contributed by atoms with Gasteiger partial charge in [-0.3, -0.25) is 14.9 Å². The van der Waals surface area contributed by atoms with Crippen molar-refractivity contribution in [3.63, 3.8) is 0 Å². The Labute approximate surface area is 122 Å². The van der Waals surface area contributed by atoms with E-state index in [9.17, 15) is 14.4 Å². The van der Waals surface area contributed by atoms with Gasteiger partial charge in [0.05, 0.1) is 6.61 Å². The fraction of sp³-hybridized carbons (Fsp3) is 0.500. The second-order valence-corrected chi connectivity index (χ2v) is 5.29. The summed E-state index contributed by atoms with van der Waals surface area (Å²) in [4.78, 5) is 35.1. The number of pyridine rings is 1. The van der Waals surface area contributed by atoms with Crippen molar-refractivity contribution in [2.24, 2.45) is 0 Å².